The summed E-state index contributed by atoms with van der Waals surface area (Å²) in [7, 11) is 0. The molecule has 2 N–H and O–H groups in total. The summed E-state index contributed by atoms with van der Waals surface area (Å²) in [6, 6.07) is -0.321. The lowest BCUT2D eigenvalue weighted by Gasteiger charge is -2.31. The predicted octanol–water partition coefficient (Wildman–Crippen LogP) is 2.17. The monoisotopic (exact) mass is 423 g/mol. The van der Waals surface area contributed by atoms with Crippen molar-refractivity contribution in [1.29, 1.82) is 0 Å². The normalized spacial score (nSPS) is 16.6. The maximum absolute atomic E-state index is 11.9. The molecule has 0 bridgehead atoms. The van der Waals surface area contributed by atoms with Crippen molar-refractivity contribution in [3.05, 3.63) is 0 Å². The Labute approximate surface area is 172 Å². The van der Waals surface area contributed by atoms with Crippen molar-refractivity contribution < 1.29 is 28.6 Å². The van der Waals surface area contributed by atoms with Crippen LogP contribution in [0.2, 0.25) is 0 Å². The molecule has 0 fully saturated rings. The Morgan fingerprint density at radius 2 is 1.15 bits per heavy atom. The average Bonchev–Trinajstić information content (AvgIpc) is 2.52. The Morgan fingerprint density at radius 3 is 1.41 bits per heavy atom. The van der Waals surface area contributed by atoms with Gasteiger partial charge < -0.3 is 19.9 Å². The van der Waals surface area contributed by atoms with Crippen molar-refractivity contribution in [1.82, 2.24) is 0 Å². The molecule has 0 saturated carbocycles. The van der Waals surface area contributed by atoms with Crippen LogP contribution in [0.4, 0.5) is 0 Å². The highest BCUT2D eigenvalue weighted by molar-refractivity contribution is 7.81. The first-order valence-electron chi connectivity index (χ1n) is 9.08. The maximum Gasteiger partial charge on any atom is 0.307 e. The number of carbonyl (C=O) groups is 3. The minimum absolute atomic E-state index is 0.0298. The fourth-order valence-corrected chi connectivity index (χ4v) is 2.35. The van der Waals surface area contributed by atoms with Crippen molar-refractivity contribution in [2.45, 2.75) is 69.9 Å². The summed E-state index contributed by atoms with van der Waals surface area (Å²) in [5, 5.41) is -0.265. The quantitative estimate of drug-likeness (QED) is 0.237. The Hall–Kier alpha value is -0.930. The van der Waals surface area contributed by atoms with E-state index < -0.39 is 23.3 Å². The lowest BCUT2D eigenvalue weighted by molar-refractivity contribution is -0.162. The first-order valence-corrected chi connectivity index (χ1v) is 10.1. The number of esters is 3. The first-order chi connectivity index (χ1) is 12.5. The molecule has 0 radical (unpaired) electrons. The fourth-order valence-electron chi connectivity index (χ4n) is 2.05. The highest BCUT2D eigenvalue weighted by atomic mass is 32.1. The van der Waals surface area contributed by atoms with Gasteiger partial charge in [-0.15, -0.1) is 0 Å². The van der Waals surface area contributed by atoms with E-state index in [1.165, 1.54) is 0 Å². The van der Waals surface area contributed by atoms with Gasteiger partial charge >= 0.3 is 17.9 Å². The van der Waals surface area contributed by atoms with Crippen LogP contribution in [-0.2, 0) is 28.6 Å². The predicted molar refractivity (Wildman–Crippen MR) is 110 cm³/mol. The van der Waals surface area contributed by atoms with Gasteiger partial charge in [-0.1, -0.05) is 20.8 Å². The molecule has 0 saturated heterocycles. The number of carbonyl (C=O) groups excluding carboxylic acids is 3. The molecule has 0 aromatic carbocycles. The molecule has 9 heteroatoms. The van der Waals surface area contributed by atoms with Crippen molar-refractivity contribution in [3.63, 3.8) is 0 Å². The first kappa shape index (κ1) is 26.1. The third-order valence-electron chi connectivity index (χ3n) is 3.78. The molecule has 3 unspecified atom stereocenters. The summed E-state index contributed by atoms with van der Waals surface area (Å²) < 4.78 is 16.0. The summed E-state index contributed by atoms with van der Waals surface area (Å²) in [5.74, 6) is -1.27. The van der Waals surface area contributed by atoms with Crippen molar-refractivity contribution >= 4 is 43.2 Å². The number of hydrogen-bond acceptors (Lipinski definition) is 9. The van der Waals surface area contributed by atoms with Gasteiger partial charge in [0.15, 0.2) is 0 Å². The second-order valence-electron chi connectivity index (χ2n) is 7.12. The van der Waals surface area contributed by atoms with Crippen LogP contribution in [0.3, 0.4) is 0 Å². The third kappa shape index (κ3) is 13.0. The summed E-state index contributed by atoms with van der Waals surface area (Å²) in [4.78, 5) is 35.6. The van der Waals surface area contributed by atoms with Crippen LogP contribution in [0.1, 0.15) is 53.4 Å². The minimum Gasteiger partial charge on any atom is -0.465 e. The SMILES string of the molecule is CCC(COC(=O)CC(C)N)(COC(=O)CC(C)S)COC(=O)CC(C)S. The van der Waals surface area contributed by atoms with Crippen molar-refractivity contribution in [3.8, 4) is 0 Å². The van der Waals surface area contributed by atoms with Gasteiger partial charge in [0.1, 0.15) is 19.8 Å². The number of hydrogen-bond donors (Lipinski definition) is 3. The van der Waals surface area contributed by atoms with Gasteiger partial charge in [0.25, 0.3) is 0 Å². The molecule has 0 aliphatic heterocycles. The molecule has 3 atom stereocenters. The van der Waals surface area contributed by atoms with E-state index in [4.69, 9.17) is 19.9 Å². The molecule has 27 heavy (non-hydrogen) atoms. The van der Waals surface area contributed by atoms with Gasteiger partial charge in [-0.2, -0.15) is 25.3 Å². The molecule has 0 aliphatic carbocycles. The van der Waals surface area contributed by atoms with E-state index in [0.717, 1.165) is 0 Å². The summed E-state index contributed by atoms with van der Waals surface area (Å²) in [5.41, 5.74) is 4.78. The van der Waals surface area contributed by atoms with E-state index in [0.29, 0.717) is 6.42 Å². The Morgan fingerprint density at radius 1 is 0.815 bits per heavy atom. The van der Waals surface area contributed by atoms with Gasteiger partial charge in [0.2, 0.25) is 0 Å². The smallest absolute Gasteiger partial charge is 0.307 e. The lowest BCUT2D eigenvalue weighted by Crippen LogP contribution is -2.39. The molecular weight excluding hydrogens is 390 g/mol. The van der Waals surface area contributed by atoms with E-state index in [9.17, 15) is 14.4 Å². The highest BCUT2D eigenvalue weighted by Crippen LogP contribution is 2.25. The molecule has 0 amide bonds. The summed E-state index contributed by atoms with van der Waals surface area (Å²) in [6.07, 6.45) is 0.869. The number of ether oxygens (including phenoxy) is 3. The lowest BCUT2D eigenvalue weighted by atomic mass is 9.88. The molecule has 0 heterocycles. The molecule has 0 aromatic heterocycles. The number of nitrogens with two attached hydrogens (primary N) is 1. The third-order valence-corrected chi connectivity index (χ3v) is 4.15. The van der Waals surface area contributed by atoms with Gasteiger partial charge in [-0.05, 0) is 13.3 Å². The van der Waals surface area contributed by atoms with Crippen molar-refractivity contribution in [2.75, 3.05) is 19.8 Å². The van der Waals surface area contributed by atoms with Crippen LogP contribution >= 0.6 is 25.3 Å². The van der Waals surface area contributed by atoms with Crippen LogP contribution in [0.5, 0.6) is 0 Å². The Balaban J connectivity index is 4.97. The Bertz CT molecular complexity index is 418. The number of rotatable bonds is 13. The molecule has 0 aliphatic rings. The van der Waals surface area contributed by atoms with Crippen LogP contribution in [0.15, 0.2) is 0 Å². The highest BCUT2D eigenvalue weighted by Gasteiger charge is 2.34. The van der Waals surface area contributed by atoms with Gasteiger partial charge in [-0.25, -0.2) is 0 Å². The minimum atomic E-state index is -0.821. The van der Waals surface area contributed by atoms with Gasteiger partial charge in [0.05, 0.1) is 24.7 Å². The van der Waals surface area contributed by atoms with E-state index in [1.807, 2.05) is 6.92 Å². The maximum atomic E-state index is 11.9. The van der Waals surface area contributed by atoms with E-state index in [1.54, 1.807) is 20.8 Å². The van der Waals surface area contributed by atoms with E-state index in [2.05, 4.69) is 25.3 Å². The molecule has 0 aromatic rings. The van der Waals surface area contributed by atoms with Crippen LogP contribution in [0.25, 0.3) is 0 Å². The second kappa shape index (κ2) is 13.3. The van der Waals surface area contributed by atoms with E-state index >= 15 is 0 Å². The van der Waals surface area contributed by atoms with Crippen LogP contribution in [-0.4, -0.2) is 54.3 Å². The van der Waals surface area contributed by atoms with Gasteiger partial charge in [0, 0.05) is 16.5 Å². The molecule has 158 valence electrons. The van der Waals surface area contributed by atoms with Crippen LogP contribution in [0, 0.1) is 5.41 Å². The topological polar surface area (TPSA) is 105 Å². The molecule has 0 spiro atoms. The van der Waals surface area contributed by atoms with Crippen LogP contribution < -0.4 is 5.73 Å². The van der Waals surface area contributed by atoms with E-state index in [-0.39, 0.29) is 55.6 Å². The summed E-state index contributed by atoms with van der Waals surface area (Å²) >= 11 is 8.33. The zero-order valence-corrected chi connectivity index (χ0v) is 18.4. The fraction of sp³-hybridized carbons (Fsp3) is 0.833. The zero-order chi connectivity index (χ0) is 21.0. The average molecular weight is 424 g/mol. The Kier molecular flexibility index (Phi) is 12.8. The standard InChI is InChI=1S/C18H33NO6S2/c1-5-18(9-23-15(20)6-12(2)19,10-24-16(21)7-13(3)26)11-25-17(22)8-14(4)27/h12-14,26-27H,5-11,19H2,1-4H3. The zero-order valence-electron chi connectivity index (χ0n) is 16.6. The summed E-state index contributed by atoms with van der Waals surface area (Å²) in [6.45, 7) is 7.03. The van der Waals surface area contributed by atoms with Gasteiger partial charge in [-0.3, -0.25) is 14.4 Å². The second-order valence-corrected chi connectivity index (χ2v) is 8.89. The molecule has 0 rings (SSSR count). The molecular formula is C18H33NO6S2. The van der Waals surface area contributed by atoms with Crippen molar-refractivity contribution in [2.24, 2.45) is 11.1 Å². The number of thiol groups is 2. The largest absolute Gasteiger partial charge is 0.465 e. The molecule has 7 nitrogen and oxygen atoms in total.